The minimum atomic E-state index is -0.183. The molecule has 1 heterocycles. The van der Waals surface area contributed by atoms with E-state index in [1.807, 2.05) is 25.1 Å². The molecule has 3 rings (SSSR count). The maximum Gasteiger partial charge on any atom is 0.230 e. The van der Waals surface area contributed by atoms with Crippen molar-refractivity contribution in [3.63, 3.8) is 0 Å². The Labute approximate surface area is 177 Å². The van der Waals surface area contributed by atoms with Gasteiger partial charge in [0.05, 0.1) is 11.8 Å². The first-order chi connectivity index (χ1) is 13.5. The first-order valence-corrected chi connectivity index (χ1v) is 10.2. The largest absolute Gasteiger partial charge is 0.486 e. The van der Waals surface area contributed by atoms with Gasteiger partial charge in [-0.25, -0.2) is 4.98 Å². The van der Waals surface area contributed by atoms with Gasteiger partial charge in [0, 0.05) is 10.0 Å². The first-order valence-electron chi connectivity index (χ1n) is 8.47. The van der Waals surface area contributed by atoms with Crippen LogP contribution in [0.5, 0.6) is 5.75 Å². The van der Waals surface area contributed by atoms with Crippen LogP contribution >= 0.6 is 35.0 Å². The lowest BCUT2D eigenvalue weighted by molar-refractivity contribution is -0.119. The Morgan fingerprint density at radius 3 is 2.71 bits per heavy atom. The number of rotatable bonds is 8. The van der Waals surface area contributed by atoms with Crippen LogP contribution in [0.3, 0.4) is 0 Å². The second-order valence-corrected chi connectivity index (χ2v) is 7.69. The number of thioether (sulfide) groups is 1. The highest BCUT2D eigenvalue weighted by molar-refractivity contribution is 7.99. The second-order valence-electron chi connectivity index (χ2n) is 5.91. The van der Waals surface area contributed by atoms with Gasteiger partial charge in [-0.2, -0.15) is 0 Å². The number of nitrogens with one attached hydrogen (secondary N) is 2. The Morgan fingerprint density at radius 2 is 1.96 bits per heavy atom. The Hall–Kier alpha value is -2.22. The number of nitrogens with zero attached hydrogens (tertiary/aromatic N) is 2. The van der Waals surface area contributed by atoms with E-state index < -0.39 is 0 Å². The van der Waals surface area contributed by atoms with E-state index in [0.717, 1.165) is 5.56 Å². The van der Waals surface area contributed by atoms with E-state index in [9.17, 15) is 4.79 Å². The zero-order valence-electron chi connectivity index (χ0n) is 15.0. The van der Waals surface area contributed by atoms with Crippen molar-refractivity contribution in [3.8, 4) is 5.75 Å². The molecule has 0 fully saturated rings. The molecule has 6 nitrogen and oxygen atoms in total. The van der Waals surface area contributed by atoms with Crippen LogP contribution in [0.2, 0.25) is 10.0 Å². The number of halogens is 2. The molecule has 0 radical (unpaired) electrons. The highest BCUT2D eigenvalue weighted by Crippen LogP contribution is 2.22. The number of aromatic nitrogens is 3. The van der Waals surface area contributed by atoms with E-state index >= 15 is 0 Å². The lowest BCUT2D eigenvalue weighted by Crippen LogP contribution is -2.28. The van der Waals surface area contributed by atoms with Crippen molar-refractivity contribution in [2.24, 2.45) is 0 Å². The second kappa shape index (κ2) is 9.82. The molecule has 0 aliphatic heterocycles. The van der Waals surface area contributed by atoms with Gasteiger partial charge in [-0.1, -0.05) is 53.2 Å². The van der Waals surface area contributed by atoms with Crippen LogP contribution in [0.25, 0.3) is 0 Å². The monoisotopic (exact) mass is 436 g/mol. The van der Waals surface area contributed by atoms with Crippen molar-refractivity contribution in [2.75, 3.05) is 5.75 Å². The smallest absolute Gasteiger partial charge is 0.230 e. The van der Waals surface area contributed by atoms with E-state index in [-0.39, 0.29) is 24.3 Å². The normalized spacial score (nSPS) is 11.8. The van der Waals surface area contributed by atoms with Crippen LogP contribution in [0.4, 0.5) is 0 Å². The molecule has 0 aliphatic carbocycles. The first kappa shape index (κ1) is 20.5. The molecule has 1 aromatic heterocycles. The summed E-state index contributed by atoms with van der Waals surface area (Å²) in [5, 5.41) is 11.6. The van der Waals surface area contributed by atoms with Crippen molar-refractivity contribution in [2.45, 2.75) is 24.7 Å². The predicted molar refractivity (Wildman–Crippen MR) is 111 cm³/mol. The summed E-state index contributed by atoms with van der Waals surface area (Å²) >= 11 is 13.2. The molecule has 0 spiro atoms. The van der Waals surface area contributed by atoms with Gasteiger partial charge in [0.1, 0.15) is 12.4 Å². The molecular weight excluding hydrogens is 419 g/mol. The number of carbonyl (C=O) groups excluding carboxylic acids is 1. The van der Waals surface area contributed by atoms with Gasteiger partial charge in [0.2, 0.25) is 11.1 Å². The van der Waals surface area contributed by atoms with E-state index in [2.05, 4.69) is 20.5 Å². The quantitative estimate of drug-likeness (QED) is 0.501. The Balaban J connectivity index is 1.45. The molecule has 0 saturated heterocycles. The molecule has 0 aliphatic rings. The number of amides is 1. The average Bonchev–Trinajstić information content (AvgIpc) is 3.14. The number of benzene rings is 2. The summed E-state index contributed by atoms with van der Waals surface area (Å²) in [7, 11) is 0. The molecule has 1 amide bonds. The van der Waals surface area contributed by atoms with Crippen LogP contribution in [0, 0.1) is 0 Å². The Bertz CT molecular complexity index is 934. The molecule has 1 unspecified atom stereocenters. The van der Waals surface area contributed by atoms with Crippen molar-refractivity contribution in [1.82, 2.24) is 20.5 Å². The van der Waals surface area contributed by atoms with Crippen molar-refractivity contribution in [1.29, 1.82) is 0 Å². The van der Waals surface area contributed by atoms with Crippen LogP contribution in [-0.2, 0) is 11.4 Å². The topological polar surface area (TPSA) is 79.9 Å². The van der Waals surface area contributed by atoms with Crippen LogP contribution < -0.4 is 10.1 Å². The minimum absolute atomic E-state index is 0.124. The fourth-order valence-electron chi connectivity index (χ4n) is 2.41. The van der Waals surface area contributed by atoms with Crippen LogP contribution in [-0.4, -0.2) is 26.8 Å². The van der Waals surface area contributed by atoms with Gasteiger partial charge >= 0.3 is 0 Å². The molecule has 146 valence electrons. The standard InChI is InChI=1S/C19H18Cl2N4O2S/c1-12(15-4-2-3-5-16(15)21)22-18(26)11-28-19-23-17(24-25-19)10-27-14-8-6-13(20)7-9-14/h2-9,12H,10-11H2,1H3,(H,22,26)(H,23,24,25). The van der Waals surface area contributed by atoms with Gasteiger partial charge in [0.15, 0.2) is 5.82 Å². The molecular formula is C19H18Cl2N4O2S. The molecule has 2 aromatic carbocycles. The predicted octanol–water partition coefficient (Wildman–Crippen LogP) is 4.66. The summed E-state index contributed by atoms with van der Waals surface area (Å²) in [5.41, 5.74) is 0.877. The summed E-state index contributed by atoms with van der Waals surface area (Å²) < 4.78 is 5.61. The fraction of sp³-hybridized carbons (Fsp3) is 0.211. The lowest BCUT2D eigenvalue weighted by atomic mass is 10.1. The minimum Gasteiger partial charge on any atom is -0.486 e. The summed E-state index contributed by atoms with van der Waals surface area (Å²) in [6.45, 7) is 2.13. The molecule has 0 bridgehead atoms. The zero-order chi connectivity index (χ0) is 19.9. The maximum atomic E-state index is 12.2. The Morgan fingerprint density at radius 1 is 1.21 bits per heavy atom. The third-order valence-electron chi connectivity index (χ3n) is 3.78. The Kier molecular flexibility index (Phi) is 7.19. The summed E-state index contributed by atoms with van der Waals surface area (Å²) in [5.74, 6) is 1.33. The van der Waals surface area contributed by atoms with Crippen molar-refractivity contribution < 1.29 is 9.53 Å². The fourth-order valence-corrected chi connectivity index (χ4v) is 3.46. The molecule has 1 atom stereocenters. The third kappa shape index (κ3) is 5.89. The third-order valence-corrected chi connectivity index (χ3v) is 5.23. The number of ether oxygens (including phenoxy) is 1. The molecule has 2 N–H and O–H groups in total. The van der Waals surface area contributed by atoms with Crippen LogP contribution in [0.15, 0.2) is 53.7 Å². The molecule has 28 heavy (non-hydrogen) atoms. The molecule has 3 aromatic rings. The number of hydrogen-bond acceptors (Lipinski definition) is 5. The summed E-state index contributed by atoms with van der Waals surface area (Å²) in [6, 6.07) is 14.3. The van der Waals surface area contributed by atoms with Crippen molar-refractivity contribution >= 4 is 40.9 Å². The van der Waals surface area contributed by atoms with Crippen LogP contribution in [0.1, 0.15) is 24.4 Å². The SMILES string of the molecule is CC(NC(=O)CSc1n[nH]c(COc2ccc(Cl)cc2)n1)c1ccccc1Cl. The van der Waals surface area contributed by atoms with E-state index in [4.69, 9.17) is 27.9 Å². The van der Waals surface area contributed by atoms with E-state index in [1.165, 1.54) is 11.8 Å². The van der Waals surface area contributed by atoms with Crippen molar-refractivity contribution in [3.05, 3.63) is 70.0 Å². The highest BCUT2D eigenvalue weighted by atomic mass is 35.5. The van der Waals surface area contributed by atoms with Gasteiger partial charge in [-0.05, 0) is 42.8 Å². The van der Waals surface area contributed by atoms with E-state index in [0.29, 0.717) is 26.8 Å². The van der Waals surface area contributed by atoms with Gasteiger partial charge < -0.3 is 10.1 Å². The molecule has 9 heteroatoms. The number of H-pyrrole nitrogens is 1. The number of hydrogen-bond donors (Lipinski definition) is 2. The zero-order valence-corrected chi connectivity index (χ0v) is 17.3. The van der Waals surface area contributed by atoms with Gasteiger partial charge in [-0.15, -0.1) is 5.10 Å². The lowest BCUT2D eigenvalue weighted by Gasteiger charge is -2.15. The summed E-state index contributed by atoms with van der Waals surface area (Å²) in [4.78, 5) is 16.5. The van der Waals surface area contributed by atoms with Gasteiger partial charge in [-0.3, -0.25) is 9.89 Å². The van der Waals surface area contributed by atoms with E-state index in [1.54, 1.807) is 30.3 Å². The summed E-state index contributed by atoms with van der Waals surface area (Å²) in [6.07, 6.45) is 0. The maximum absolute atomic E-state index is 12.2. The number of aromatic amines is 1. The average molecular weight is 437 g/mol. The van der Waals surface area contributed by atoms with Gasteiger partial charge in [0.25, 0.3) is 0 Å². The number of carbonyl (C=O) groups is 1. The molecule has 0 saturated carbocycles. The highest BCUT2D eigenvalue weighted by Gasteiger charge is 2.13.